The molecule has 0 bridgehead atoms. The highest BCUT2D eigenvalue weighted by Gasteiger charge is 2.51. The Hall–Kier alpha value is -3.31. The van der Waals surface area contributed by atoms with Crippen LogP contribution in [0.1, 0.15) is 36.8 Å². The molecule has 0 radical (unpaired) electrons. The van der Waals surface area contributed by atoms with Gasteiger partial charge in [-0.05, 0) is 61.1 Å². The summed E-state index contributed by atoms with van der Waals surface area (Å²) in [7, 11) is 1.65. The van der Waals surface area contributed by atoms with E-state index in [1.165, 1.54) is 5.56 Å². The number of rotatable bonds is 8. The maximum absolute atomic E-state index is 13.1. The lowest BCUT2D eigenvalue weighted by Gasteiger charge is -2.33. The van der Waals surface area contributed by atoms with Gasteiger partial charge in [0.05, 0.1) is 12.5 Å². The molecule has 1 heterocycles. The number of benzene rings is 3. The Morgan fingerprint density at radius 3 is 2.35 bits per heavy atom. The molecule has 0 aromatic heterocycles. The van der Waals surface area contributed by atoms with Gasteiger partial charge >= 0.3 is 0 Å². The number of para-hydroxylation sites is 2. The Morgan fingerprint density at radius 1 is 0.941 bits per heavy atom. The van der Waals surface area contributed by atoms with Crippen molar-refractivity contribution >= 4 is 5.91 Å². The van der Waals surface area contributed by atoms with Crippen LogP contribution in [0.5, 0.6) is 17.2 Å². The lowest BCUT2D eigenvalue weighted by atomic mass is 9.94. The van der Waals surface area contributed by atoms with Crippen molar-refractivity contribution in [1.29, 1.82) is 0 Å². The van der Waals surface area contributed by atoms with Crippen LogP contribution in [-0.4, -0.2) is 37.0 Å². The van der Waals surface area contributed by atoms with Crippen molar-refractivity contribution < 1.29 is 14.3 Å². The van der Waals surface area contributed by atoms with Crippen molar-refractivity contribution in [2.75, 3.05) is 20.2 Å². The van der Waals surface area contributed by atoms with Crippen molar-refractivity contribution in [2.24, 2.45) is 0 Å². The van der Waals surface area contributed by atoms with Crippen molar-refractivity contribution in [1.82, 2.24) is 10.2 Å². The Morgan fingerprint density at radius 2 is 1.65 bits per heavy atom. The molecule has 5 heteroatoms. The Balaban J connectivity index is 1.13. The summed E-state index contributed by atoms with van der Waals surface area (Å²) in [6.07, 6.45) is 3.87. The molecule has 5 rings (SSSR count). The van der Waals surface area contributed by atoms with Gasteiger partial charge in [0.1, 0.15) is 5.75 Å². The van der Waals surface area contributed by atoms with Crippen molar-refractivity contribution in [2.45, 2.75) is 43.7 Å². The van der Waals surface area contributed by atoms with Crippen LogP contribution in [0.2, 0.25) is 0 Å². The van der Waals surface area contributed by atoms with Crippen molar-refractivity contribution in [3.8, 4) is 17.2 Å². The number of carbonyl (C=O) groups excluding carboxylic acids is 1. The monoisotopic (exact) mass is 456 g/mol. The average molecular weight is 457 g/mol. The number of piperidine rings is 1. The Labute approximate surface area is 201 Å². The van der Waals surface area contributed by atoms with Gasteiger partial charge in [0.2, 0.25) is 5.91 Å². The Kier molecular flexibility index (Phi) is 6.54. The van der Waals surface area contributed by atoms with E-state index in [2.05, 4.69) is 34.5 Å². The van der Waals surface area contributed by atoms with Gasteiger partial charge in [-0.2, -0.15) is 0 Å². The maximum Gasteiger partial charge on any atom is 0.230 e. The van der Waals surface area contributed by atoms with E-state index in [0.29, 0.717) is 5.75 Å². The third-order valence-electron chi connectivity index (χ3n) is 7.04. The third-order valence-corrected chi connectivity index (χ3v) is 7.04. The zero-order chi connectivity index (χ0) is 23.4. The Bertz CT molecular complexity index is 1120. The molecule has 1 aliphatic heterocycles. The summed E-state index contributed by atoms with van der Waals surface area (Å²) in [4.78, 5) is 15.5. The van der Waals surface area contributed by atoms with Crippen molar-refractivity contribution in [3.05, 3.63) is 90.0 Å². The van der Waals surface area contributed by atoms with E-state index >= 15 is 0 Å². The molecule has 0 atom stereocenters. The molecule has 34 heavy (non-hydrogen) atoms. The smallest absolute Gasteiger partial charge is 0.230 e. The molecule has 2 aliphatic rings. The second kappa shape index (κ2) is 9.90. The second-order valence-corrected chi connectivity index (χ2v) is 9.37. The quantitative estimate of drug-likeness (QED) is 0.500. The fourth-order valence-electron chi connectivity index (χ4n) is 4.88. The fraction of sp³-hybridized carbons (Fsp3) is 0.345. The van der Waals surface area contributed by atoms with Crippen molar-refractivity contribution in [3.63, 3.8) is 0 Å². The molecule has 1 N–H and O–H groups in total. The van der Waals surface area contributed by atoms with Gasteiger partial charge in [-0.3, -0.25) is 9.69 Å². The van der Waals surface area contributed by atoms with E-state index in [0.717, 1.165) is 62.4 Å². The summed E-state index contributed by atoms with van der Waals surface area (Å²) in [6.45, 7) is 2.82. The van der Waals surface area contributed by atoms with Crippen LogP contribution >= 0.6 is 0 Å². The summed E-state index contributed by atoms with van der Waals surface area (Å²) in [5.74, 6) is 2.44. The summed E-state index contributed by atoms with van der Waals surface area (Å²) >= 11 is 0. The molecule has 1 saturated heterocycles. The topological polar surface area (TPSA) is 50.8 Å². The van der Waals surface area contributed by atoms with Gasteiger partial charge in [-0.1, -0.05) is 54.6 Å². The summed E-state index contributed by atoms with van der Waals surface area (Å²) in [5, 5.41) is 3.35. The zero-order valence-electron chi connectivity index (χ0n) is 19.7. The van der Waals surface area contributed by atoms with E-state index in [9.17, 15) is 4.79 Å². The normalized spacial score (nSPS) is 17.7. The average Bonchev–Trinajstić information content (AvgIpc) is 3.69. The third kappa shape index (κ3) is 4.95. The van der Waals surface area contributed by atoms with Crippen LogP contribution in [0, 0.1) is 0 Å². The van der Waals surface area contributed by atoms with Crippen LogP contribution in [0.25, 0.3) is 0 Å². The highest BCUT2D eigenvalue weighted by atomic mass is 16.5. The molecule has 176 valence electrons. The number of ether oxygens (including phenoxy) is 2. The minimum Gasteiger partial charge on any atom is -0.493 e. The molecular formula is C29H32N2O3. The molecular weight excluding hydrogens is 424 g/mol. The van der Waals surface area contributed by atoms with Gasteiger partial charge in [-0.25, -0.2) is 0 Å². The highest BCUT2D eigenvalue weighted by Crippen LogP contribution is 2.48. The molecule has 1 saturated carbocycles. The lowest BCUT2D eigenvalue weighted by molar-refractivity contribution is -0.124. The minimum atomic E-state index is -0.291. The summed E-state index contributed by atoms with van der Waals surface area (Å²) < 4.78 is 11.5. The van der Waals surface area contributed by atoms with Crippen LogP contribution in [0.15, 0.2) is 78.9 Å². The predicted molar refractivity (Wildman–Crippen MR) is 133 cm³/mol. The number of hydrogen-bond acceptors (Lipinski definition) is 4. The number of likely N-dealkylation sites (tertiary alicyclic amines) is 1. The van der Waals surface area contributed by atoms with Gasteiger partial charge < -0.3 is 14.8 Å². The van der Waals surface area contributed by atoms with E-state index in [1.54, 1.807) is 7.11 Å². The van der Waals surface area contributed by atoms with Gasteiger partial charge in [0.15, 0.2) is 11.5 Å². The van der Waals surface area contributed by atoms with Crippen LogP contribution < -0.4 is 14.8 Å². The van der Waals surface area contributed by atoms with Gasteiger partial charge in [0.25, 0.3) is 0 Å². The van der Waals surface area contributed by atoms with Gasteiger partial charge in [-0.15, -0.1) is 0 Å². The summed E-state index contributed by atoms with van der Waals surface area (Å²) in [5.41, 5.74) is 2.08. The summed E-state index contributed by atoms with van der Waals surface area (Å²) in [6, 6.07) is 26.4. The van der Waals surface area contributed by atoms with Crippen LogP contribution in [0.4, 0.5) is 0 Å². The number of nitrogens with zero attached hydrogens (tertiary/aromatic N) is 1. The lowest BCUT2D eigenvalue weighted by Crippen LogP contribution is -2.47. The number of methoxy groups -OCH3 is 1. The van der Waals surface area contributed by atoms with Crippen LogP contribution in [-0.2, 0) is 16.8 Å². The molecule has 1 aliphatic carbocycles. The van der Waals surface area contributed by atoms with E-state index in [1.807, 2.05) is 54.6 Å². The zero-order valence-corrected chi connectivity index (χ0v) is 19.7. The number of hydrogen-bond donors (Lipinski definition) is 1. The van der Waals surface area contributed by atoms with E-state index in [4.69, 9.17) is 9.47 Å². The fourth-order valence-corrected chi connectivity index (χ4v) is 4.88. The van der Waals surface area contributed by atoms with Gasteiger partial charge in [0, 0.05) is 25.7 Å². The molecule has 5 nitrogen and oxygen atoms in total. The highest BCUT2D eigenvalue weighted by molar-refractivity contribution is 5.91. The molecule has 1 amide bonds. The number of carbonyl (C=O) groups is 1. The number of nitrogens with one attached hydrogen (secondary N) is 1. The SMILES string of the molecule is COc1ccccc1Oc1cccc(CN2CCC(NC(=O)C3(c4ccccc4)CC3)CC2)c1. The molecule has 0 spiro atoms. The first-order chi connectivity index (χ1) is 16.7. The first kappa shape index (κ1) is 22.5. The molecule has 2 fully saturated rings. The number of amides is 1. The standard InChI is InChI=1S/C29H32N2O3/c1-33-26-12-5-6-13-27(26)34-25-11-7-8-22(20-25)21-31-18-14-24(15-19-31)30-28(32)29(16-17-29)23-9-3-2-4-10-23/h2-13,20,24H,14-19,21H2,1H3,(H,30,32). The minimum absolute atomic E-state index is 0.207. The maximum atomic E-state index is 13.1. The molecule has 3 aromatic rings. The first-order valence-corrected chi connectivity index (χ1v) is 12.1. The largest absolute Gasteiger partial charge is 0.493 e. The first-order valence-electron chi connectivity index (χ1n) is 12.1. The molecule has 3 aromatic carbocycles. The molecule has 0 unspecified atom stereocenters. The van der Waals surface area contributed by atoms with E-state index < -0.39 is 0 Å². The predicted octanol–water partition coefficient (Wildman–Crippen LogP) is 5.30. The van der Waals surface area contributed by atoms with Crippen LogP contribution in [0.3, 0.4) is 0 Å². The second-order valence-electron chi connectivity index (χ2n) is 9.37. The van der Waals surface area contributed by atoms with E-state index in [-0.39, 0.29) is 17.4 Å².